The second-order valence-electron chi connectivity index (χ2n) is 6.34. The lowest BCUT2D eigenvalue weighted by molar-refractivity contribution is 0.199. The van der Waals surface area contributed by atoms with E-state index in [1.54, 1.807) is 0 Å². The second kappa shape index (κ2) is 9.56. The van der Waals surface area contributed by atoms with Crippen LogP contribution in [0.25, 0.3) is 0 Å². The minimum Gasteiger partial charge on any atom is -0.334 e. The molecule has 2 rings (SSSR count). The van der Waals surface area contributed by atoms with E-state index < -0.39 is 0 Å². The molecule has 23 heavy (non-hydrogen) atoms. The molecule has 0 aromatic heterocycles. The highest BCUT2D eigenvalue weighted by Crippen LogP contribution is 2.11. The number of carbonyl (C=O) groups is 1. The maximum Gasteiger partial charge on any atom is 0.317 e. The van der Waals surface area contributed by atoms with Crippen molar-refractivity contribution >= 4 is 6.03 Å². The second-order valence-corrected chi connectivity index (χ2v) is 6.34. The highest BCUT2D eigenvalue weighted by molar-refractivity contribution is 5.74. The zero-order valence-corrected chi connectivity index (χ0v) is 14.7. The Morgan fingerprint density at radius 1 is 1.00 bits per heavy atom. The molecule has 0 atom stereocenters. The van der Waals surface area contributed by atoms with Gasteiger partial charge in [0.1, 0.15) is 0 Å². The third kappa shape index (κ3) is 5.87. The lowest BCUT2D eigenvalue weighted by Gasteiger charge is -2.21. The van der Waals surface area contributed by atoms with Gasteiger partial charge in [0, 0.05) is 26.2 Å². The Kier molecular flexibility index (Phi) is 7.40. The summed E-state index contributed by atoms with van der Waals surface area (Å²) < 4.78 is 0. The van der Waals surface area contributed by atoms with E-state index in [0.717, 1.165) is 51.1 Å². The number of rotatable bonds is 6. The molecule has 0 aliphatic carbocycles. The largest absolute Gasteiger partial charge is 0.334 e. The summed E-state index contributed by atoms with van der Waals surface area (Å²) in [5, 5.41) is 3.06. The molecule has 0 radical (unpaired) electrons. The van der Waals surface area contributed by atoms with Crippen LogP contribution in [0, 0.1) is 0 Å². The fourth-order valence-electron chi connectivity index (χ4n) is 3.03. The SMILES string of the molecule is CCN(CC)Cc1ccc(CNC(=O)N2CCCCCC2)cc1. The summed E-state index contributed by atoms with van der Waals surface area (Å²) in [5.41, 5.74) is 2.49. The summed E-state index contributed by atoms with van der Waals surface area (Å²) in [6, 6.07) is 8.68. The first-order chi connectivity index (χ1) is 11.2. The molecule has 1 aromatic rings. The number of carbonyl (C=O) groups excluding carboxylic acids is 1. The van der Waals surface area contributed by atoms with Crippen molar-refractivity contribution in [3.05, 3.63) is 35.4 Å². The van der Waals surface area contributed by atoms with Gasteiger partial charge in [0.15, 0.2) is 0 Å². The maximum atomic E-state index is 12.2. The molecule has 1 heterocycles. The predicted octanol–water partition coefficient (Wildman–Crippen LogP) is 3.61. The smallest absolute Gasteiger partial charge is 0.317 e. The van der Waals surface area contributed by atoms with Crippen molar-refractivity contribution in [3.63, 3.8) is 0 Å². The number of likely N-dealkylation sites (tertiary alicyclic amines) is 1. The van der Waals surface area contributed by atoms with E-state index in [9.17, 15) is 4.79 Å². The zero-order chi connectivity index (χ0) is 16.5. The summed E-state index contributed by atoms with van der Waals surface area (Å²) in [5.74, 6) is 0. The van der Waals surface area contributed by atoms with Gasteiger partial charge in [0.25, 0.3) is 0 Å². The molecule has 4 heteroatoms. The fraction of sp³-hybridized carbons (Fsp3) is 0.632. The van der Waals surface area contributed by atoms with Gasteiger partial charge < -0.3 is 10.2 Å². The van der Waals surface area contributed by atoms with E-state index in [4.69, 9.17) is 0 Å². The van der Waals surface area contributed by atoms with Gasteiger partial charge in [-0.15, -0.1) is 0 Å². The lowest BCUT2D eigenvalue weighted by atomic mass is 10.1. The fourth-order valence-corrected chi connectivity index (χ4v) is 3.03. The van der Waals surface area contributed by atoms with Crippen LogP contribution in [-0.4, -0.2) is 42.0 Å². The number of amides is 2. The third-order valence-electron chi connectivity index (χ3n) is 4.66. The van der Waals surface area contributed by atoms with Crippen molar-refractivity contribution in [2.75, 3.05) is 26.2 Å². The molecule has 0 spiro atoms. The van der Waals surface area contributed by atoms with E-state index in [0.29, 0.717) is 6.54 Å². The quantitative estimate of drug-likeness (QED) is 0.870. The molecule has 0 unspecified atom stereocenters. The molecule has 2 amide bonds. The van der Waals surface area contributed by atoms with E-state index in [1.807, 2.05) is 4.90 Å². The first kappa shape index (κ1) is 17.8. The first-order valence-electron chi connectivity index (χ1n) is 9.06. The van der Waals surface area contributed by atoms with Crippen LogP contribution < -0.4 is 5.32 Å². The summed E-state index contributed by atoms with van der Waals surface area (Å²) in [6.07, 6.45) is 4.76. The average molecular weight is 317 g/mol. The van der Waals surface area contributed by atoms with E-state index in [1.165, 1.54) is 18.4 Å². The van der Waals surface area contributed by atoms with Gasteiger partial charge in [0.05, 0.1) is 0 Å². The molecule has 1 fully saturated rings. The van der Waals surface area contributed by atoms with Crippen LogP contribution in [-0.2, 0) is 13.1 Å². The maximum absolute atomic E-state index is 12.2. The van der Waals surface area contributed by atoms with Crippen molar-refractivity contribution in [1.82, 2.24) is 15.1 Å². The number of hydrogen-bond donors (Lipinski definition) is 1. The van der Waals surface area contributed by atoms with Crippen molar-refractivity contribution in [1.29, 1.82) is 0 Å². The van der Waals surface area contributed by atoms with Crippen LogP contribution >= 0.6 is 0 Å². The molecule has 0 saturated carbocycles. The topological polar surface area (TPSA) is 35.6 Å². The summed E-state index contributed by atoms with van der Waals surface area (Å²) >= 11 is 0. The van der Waals surface area contributed by atoms with E-state index in [2.05, 4.69) is 48.3 Å². The first-order valence-corrected chi connectivity index (χ1v) is 9.06. The van der Waals surface area contributed by atoms with Crippen molar-refractivity contribution < 1.29 is 4.79 Å². The monoisotopic (exact) mass is 317 g/mol. The summed E-state index contributed by atoms with van der Waals surface area (Å²) in [7, 11) is 0. The standard InChI is InChI=1S/C19H31N3O/c1-3-21(4-2)16-18-11-9-17(10-12-18)15-20-19(23)22-13-7-5-6-8-14-22/h9-12H,3-8,13-16H2,1-2H3,(H,20,23). The zero-order valence-electron chi connectivity index (χ0n) is 14.7. The van der Waals surface area contributed by atoms with Crippen LogP contribution in [0.2, 0.25) is 0 Å². The molecule has 1 aromatic carbocycles. The van der Waals surface area contributed by atoms with Gasteiger partial charge >= 0.3 is 6.03 Å². The number of benzene rings is 1. The molecule has 1 N–H and O–H groups in total. The normalized spacial score (nSPS) is 15.5. The Morgan fingerprint density at radius 3 is 2.13 bits per heavy atom. The summed E-state index contributed by atoms with van der Waals surface area (Å²) in [6.45, 7) is 9.93. The van der Waals surface area contributed by atoms with E-state index >= 15 is 0 Å². The molecular weight excluding hydrogens is 286 g/mol. The van der Waals surface area contributed by atoms with Crippen LogP contribution in [0.3, 0.4) is 0 Å². The molecule has 1 aliphatic rings. The average Bonchev–Trinajstić information content (AvgIpc) is 2.88. The Balaban J connectivity index is 1.80. The number of hydrogen-bond acceptors (Lipinski definition) is 2. The molecule has 4 nitrogen and oxygen atoms in total. The number of nitrogens with zero attached hydrogens (tertiary/aromatic N) is 2. The number of nitrogens with one attached hydrogen (secondary N) is 1. The number of urea groups is 1. The lowest BCUT2D eigenvalue weighted by Crippen LogP contribution is -2.40. The van der Waals surface area contributed by atoms with Crippen LogP contribution in [0.4, 0.5) is 4.79 Å². The third-order valence-corrected chi connectivity index (χ3v) is 4.66. The highest BCUT2D eigenvalue weighted by atomic mass is 16.2. The van der Waals surface area contributed by atoms with Gasteiger partial charge in [-0.1, -0.05) is 51.0 Å². The Labute approximate surface area is 140 Å². The molecular formula is C19H31N3O. The van der Waals surface area contributed by atoms with Crippen molar-refractivity contribution in [2.45, 2.75) is 52.6 Å². The Morgan fingerprint density at radius 2 is 1.57 bits per heavy atom. The molecule has 128 valence electrons. The van der Waals surface area contributed by atoms with Gasteiger partial charge in [-0.2, -0.15) is 0 Å². The summed E-state index contributed by atoms with van der Waals surface area (Å²) in [4.78, 5) is 16.6. The van der Waals surface area contributed by atoms with Gasteiger partial charge in [-0.25, -0.2) is 4.79 Å². The van der Waals surface area contributed by atoms with Crippen molar-refractivity contribution in [3.8, 4) is 0 Å². The molecule has 1 saturated heterocycles. The van der Waals surface area contributed by atoms with E-state index in [-0.39, 0.29) is 6.03 Å². The Bertz CT molecular complexity index is 460. The predicted molar refractivity (Wildman–Crippen MR) is 95.3 cm³/mol. The molecule has 0 bridgehead atoms. The van der Waals surface area contributed by atoms with Gasteiger partial charge in [-0.05, 0) is 37.1 Å². The highest BCUT2D eigenvalue weighted by Gasteiger charge is 2.14. The van der Waals surface area contributed by atoms with Crippen molar-refractivity contribution in [2.24, 2.45) is 0 Å². The Hall–Kier alpha value is -1.55. The van der Waals surface area contributed by atoms with Crippen LogP contribution in [0.5, 0.6) is 0 Å². The molecule has 1 aliphatic heterocycles. The van der Waals surface area contributed by atoms with Crippen LogP contribution in [0.15, 0.2) is 24.3 Å². The van der Waals surface area contributed by atoms with Gasteiger partial charge in [-0.3, -0.25) is 4.90 Å². The van der Waals surface area contributed by atoms with Crippen LogP contribution in [0.1, 0.15) is 50.7 Å². The minimum absolute atomic E-state index is 0.0825. The van der Waals surface area contributed by atoms with Gasteiger partial charge in [0.2, 0.25) is 0 Å². The minimum atomic E-state index is 0.0825.